The Morgan fingerprint density at radius 1 is 1.13 bits per heavy atom. The van der Waals surface area contributed by atoms with Gasteiger partial charge in [0.05, 0.1) is 6.54 Å². The van der Waals surface area contributed by atoms with E-state index in [2.05, 4.69) is 46.1 Å². The zero-order valence-corrected chi connectivity index (χ0v) is 14.8. The fourth-order valence-electron chi connectivity index (χ4n) is 2.25. The summed E-state index contributed by atoms with van der Waals surface area (Å²) in [6.45, 7) is 10.1. The van der Waals surface area contributed by atoms with Crippen LogP contribution in [0.15, 0.2) is 29.3 Å². The lowest BCUT2D eigenvalue weighted by Gasteiger charge is -2.13. The van der Waals surface area contributed by atoms with Crippen LogP contribution in [-0.2, 0) is 17.8 Å². The van der Waals surface area contributed by atoms with E-state index in [0.29, 0.717) is 19.5 Å². The maximum absolute atomic E-state index is 11.6. The van der Waals surface area contributed by atoms with Crippen molar-refractivity contribution in [3.05, 3.63) is 35.4 Å². The van der Waals surface area contributed by atoms with E-state index in [4.69, 9.17) is 0 Å². The number of guanidine groups is 1. The summed E-state index contributed by atoms with van der Waals surface area (Å²) >= 11 is 0. The van der Waals surface area contributed by atoms with E-state index in [-0.39, 0.29) is 11.9 Å². The SMILES string of the molecule is CCNC(=NCc1ccccc1CC)NCCC(=O)NC(C)C. The van der Waals surface area contributed by atoms with E-state index < -0.39 is 0 Å². The molecule has 0 fully saturated rings. The Kier molecular flexibility index (Phi) is 8.80. The van der Waals surface area contributed by atoms with Gasteiger partial charge in [0.25, 0.3) is 0 Å². The second-order valence-corrected chi connectivity index (χ2v) is 5.72. The summed E-state index contributed by atoms with van der Waals surface area (Å²) < 4.78 is 0. The molecule has 0 atom stereocenters. The Hall–Kier alpha value is -2.04. The van der Waals surface area contributed by atoms with Gasteiger partial charge in [0.1, 0.15) is 0 Å². The summed E-state index contributed by atoms with van der Waals surface area (Å²) in [5.74, 6) is 0.801. The molecule has 0 aliphatic rings. The molecule has 0 radical (unpaired) electrons. The molecule has 0 heterocycles. The molecular weight excluding hydrogens is 288 g/mol. The highest BCUT2D eigenvalue weighted by atomic mass is 16.1. The summed E-state index contributed by atoms with van der Waals surface area (Å²) in [4.78, 5) is 16.3. The Balaban J connectivity index is 2.54. The van der Waals surface area contributed by atoms with E-state index in [1.54, 1.807) is 0 Å². The molecule has 1 amide bonds. The molecule has 0 saturated heterocycles. The van der Waals surface area contributed by atoms with Gasteiger partial charge in [-0.05, 0) is 38.3 Å². The van der Waals surface area contributed by atoms with Crippen molar-refractivity contribution in [3.8, 4) is 0 Å². The highest BCUT2D eigenvalue weighted by Crippen LogP contribution is 2.10. The molecule has 0 bridgehead atoms. The molecule has 23 heavy (non-hydrogen) atoms. The summed E-state index contributed by atoms with van der Waals surface area (Å²) in [6, 6.07) is 8.53. The topological polar surface area (TPSA) is 65.5 Å². The van der Waals surface area contributed by atoms with Crippen LogP contribution in [0.2, 0.25) is 0 Å². The first-order chi connectivity index (χ1) is 11.1. The lowest BCUT2D eigenvalue weighted by Crippen LogP contribution is -2.40. The van der Waals surface area contributed by atoms with E-state index in [0.717, 1.165) is 18.9 Å². The molecule has 0 unspecified atom stereocenters. The van der Waals surface area contributed by atoms with Crippen LogP contribution in [0.3, 0.4) is 0 Å². The number of nitrogens with one attached hydrogen (secondary N) is 3. The van der Waals surface area contributed by atoms with Crippen molar-refractivity contribution < 1.29 is 4.79 Å². The summed E-state index contributed by atoms with van der Waals surface area (Å²) in [5.41, 5.74) is 2.56. The fourth-order valence-corrected chi connectivity index (χ4v) is 2.25. The van der Waals surface area contributed by atoms with Gasteiger partial charge in [0.2, 0.25) is 5.91 Å². The van der Waals surface area contributed by atoms with Crippen LogP contribution in [0.4, 0.5) is 0 Å². The Bertz CT molecular complexity index is 511. The third-order valence-corrected chi connectivity index (χ3v) is 3.35. The lowest BCUT2D eigenvalue weighted by molar-refractivity contribution is -0.121. The Morgan fingerprint density at radius 3 is 2.43 bits per heavy atom. The van der Waals surface area contributed by atoms with Crippen LogP contribution in [0.1, 0.15) is 45.2 Å². The molecule has 0 aromatic heterocycles. The van der Waals surface area contributed by atoms with Crippen LogP contribution in [-0.4, -0.2) is 31.0 Å². The average Bonchev–Trinajstić information content (AvgIpc) is 2.52. The van der Waals surface area contributed by atoms with Crippen molar-refractivity contribution in [3.63, 3.8) is 0 Å². The second kappa shape index (κ2) is 10.6. The van der Waals surface area contributed by atoms with Gasteiger partial charge in [-0.3, -0.25) is 4.79 Å². The number of amides is 1. The number of carbonyl (C=O) groups excluding carboxylic acids is 1. The van der Waals surface area contributed by atoms with Gasteiger partial charge in [-0.2, -0.15) is 0 Å². The predicted octanol–water partition coefficient (Wildman–Crippen LogP) is 2.22. The smallest absolute Gasteiger partial charge is 0.221 e. The third-order valence-electron chi connectivity index (χ3n) is 3.35. The number of benzene rings is 1. The van der Waals surface area contributed by atoms with Crippen molar-refractivity contribution in [2.45, 2.75) is 53.1 Å². The van der Waals surface area contributed by atoms with Crippen LogP contribution >= 0.6 is 0 Å². The molecular formula is C18H30N4O. The van der Waals surface area contributed by atoms with Crippen molar-refractivity contribution >= 4 is 11.9 Å². The molecule has 5 nitrogen and oxygen atoms in total. The van der Waals surface area contributed by atoms with Crippen LogP contribution in [0, 0.1) is 0 Å². The van der Waals surface area contributed by atoms with Crippen molar-refractivity contribution in [2.75, 3.05) is 13.1 Å². The van der Waals surface area contributed by atoms with E-state index in [1.165, 1.54) is 11.1 Å². The standard InChI is InChI=1S/C18H30N4O/c1-5-15-9-7-8-10-16(15)13-21-18(19-6-2)20-12-11-17(23)22-14(3)4/h7-10,14H,5-6,11-13H2,1-4H3,(H,22,23)(H2,19,20,21). The summed E-state index contributed by atoms with van der Waals surface area (Å²) in [6.07, 6.45) is 1.44. The van der Waals surface area contributed by atoms with Crippen molar-refractivity contribution in [1.29, 1.82) is 0 Å². The number of hydrogen-bond donors (Lipinski definition) is 3. The van der Waals surface area contributed by atoms with Gasteiger partial charge in [-0.25, -0.2) is 4.99 Å². The summed E-state index contributed by atoms with van der Waals surface area (Å²) in [7, 11) is 0. The zero-order valence-electron chi connectivity index (χ0n) is 14.8. The Morgan fingerprint density at radius 2 is 1.83 bits per heavy atom. The van der Waals surface area contributed by atoms with Gasteiger partial charge >= 0.3 is 0 Å². The number of aliphatic imine (C=N–C) groups is 1. The number of carbonyl (C=O) groups is 1. The third kappa shape index (κ3) is 7.68. The first-order valence-corrected chi connectivity index (χ1v) is 8.45. The van der Waals surface area contributed by atoms with Gasteiger partial charge < -0.3 is 16.0 Å². The monoisotopic (exact) mass is 318 g/mol. The minimum atomic E-state index is 0.0553. The molecule has 0 spiro atoms. The van der Waals surface area contributed by atoms with Gasteiger partial charge in [0, 0.05) is 25.6 Å². The van der Waals surface area contributed by atoms with Crippen LogP contribution < -0.4 is 16.0 Å². The average molecular weight is 318 g/mol. The molecule has 0 aliphatic heterocycles. The van der Waals surface area contributed by atoms with Gasteiger partial charge in [-0.1, -0.05) is 31.2 Å². The van der Waals surface area contributed by atoms with Crippen LogP contribution in [0.5, 0.6) is 0 Å². The normalized spacial score (nSPS) is 11.4. The number of rotatable bonds is 8. The minimum Gasteiger partial charge on any atom is -0.357 e. The largest absolute Gasteiger partial charge is 0.357 e. The quantitative estimate of drug-likeness (QED) is 0.509. The van der Waals surface area contributed by atoms with E-state index >= 15 is 0 Å². The molecule has 1 aromatic rings. The number of aryl methyl sites for hydroxylation is 1. The molecule has 128 valence electrons. The Labute approximate surface area is 140 Å². The van der Waals surface area contributed by atoms with Gasteiger partial charge in [0.15, 0.2) is 5.96 Å². The lowest BCUT2D eigenvalue weighted by atomic mass is 10.1. The fraction of sp³-hybridized carbons (Fsp3) is 0.556. The highest BCUT2D eigenvalue weighted by molar-refractivity contribution is 5.81. The van der Waals surface area contributed by atoms with E-state index in [9.17, 15) is 4.79 Å². The molecule has 1 rings (SSSR count). The predicted molar refractivity (Wildman–Crippen MR) is 96.5 cm³/mol. The molecule has 3 N–H and O–H groups in total. The number of hydrogen-bond acceptors (Lipinski definition) is 2. The van der Waals surface area contributed by atoms with Gasteiger partial charge in [-0.15, -0.1) is 0 Å². The first kappa shape index (κ1) is 19.0. The first-order valence-electron chi connectivity index (χ1n) is 8.45. The summed E-state index contributed by atoms with van der Waals surface area (Å²) in [5, 5.41) is 9.30. The highest BCUT2D eigenvalue weighted by Gasteiger charge is 2.04. The van der Waals surface area contributed by atoms with Crippen molar-refractivity contribution in [1.82, 2.24) is 16.0 Å². The second-order valence-electron chi connectivity index (χ2n) is 5.72. The maximum atomic E-state index is 11.6. The number of nitrogens with zero attached hydrogens (tertiary/aromatic N) is 1. The molecule has 1 aromatic carbocycles. The maximum Gasteiger partial charge on any atom is 0.221 e. The molecule has 0 aliphatic carbocycles. The van der Waals surface area contributed by atoms with E-state index in [1.807, 2.05) is 26.8 Å². The zero-order chi connectivity index (χ0) is 17.1. The minimum absolute atomic E-state index is 0.0553. The molecule has 5 heteroatoms. The van der Waals surface area contributed by atoms with Crippen molar-refractivity contribution in [2.24, 2.45) is 4.99 Å². The van der Waals surface area contributed by atoms with Crippen LogP contribution in [0.25, 0.3) is 0 Å². The molecule has 0 saturated carbocycles.